The quantitative estimate of drug-likeness (QED) is 0.270. The SMILES string of the molecule is CC(C)OC(=O)[C@H](C)N[P+](=[SiH2])OC[C@H]1O[C@@H](n2ccc(=O)[nH]c2=O)[C@](C)(F)[C@@H]1O. The number of aliphatic hydroxyl groups excluding tert-OH is 1. The molecule has 0 bridgehead atoms. The van der Waals surface area contributed by atoms with Crippen LogP contribution < -0.4 is 16.3 Å². The molecule has 1 saturated heterocycles. The van der Waals surface area contributed by atoms with Gasteiger partial charge in [-0.2, -0.15) is 4.52 Å². The predicted molar refractivity (Wildman–Crippen MR) is 106 cm³/mol. The van der Waals surface area contributed by atoms with E-state index in [2.05, 4.69) is 5.09 Å². The maximum Gasteiger partial charge on any atom is 0.330 e. The maximum atomic E-state index is 15.1. The smallest absolute Gasteiger partial charge is 0.330 e. The highest BCUT2D eigenvalue weighted by Gasteiger charge is 2.55. The lowest BCUT2D eigenvalue weighted by Crippen LogP contribution is -2.43. The van der Waals surface area contributed by atoms with E-state index in [4.69, 9.17) is 14.0 Å². The van der Waals surface area contributed by atoms with Gasteiger partial charge in [0.15, 0.2) is 11.9 Å². The number of alkyl halides is 1. The zero-order valence-corrected chi connectivity index (χ0v) is 18.9. The second-order valence-electron chi connectivity index (χ2n) is 7.15. The van der Waals surface area contributed by atoms with Gasteiger partial charge in [-0.25, -0.2) is 9.18 Å². The molecule has 10 nitrogen and oxygen atoms in total. The average Bonchev–Trinajstić information content (AvgIpc) is 2.82. The Bertz CT molecular complexity index is 875. The fraction of sp³-hybridized carbons (Fsp3) is 0.688. The number of nitrogens with zero attached hydrogens (tertiary/aromatic N) is 1. The summed E-state index contributed by atoms with van der Waals surface area (Å²) in [7, 11) is 0.199. The van der Waals surface area contributed by atoms with Crippen LogP contribution in [0, 0.1) is 0 Å². The van der Waals surface area contributed by atoms with Crippen LogP contribution in [0.25, 0.3) is 0 Å². The first-order valence-electron chi connectivity index (χ1n) is 8.97. The summed E-state index contributed by atoms with van der Waals surface area (Å²) in [4.78, 5) is 37.0. The highest BCUT2D eigenvalue weighted by atomic mass is 31.3. The number of aliphatic hydroxyl groups is 1. The van der Waals surface area contributed by atoms with Crippen molar-refractivity contribution in [1.82, 2.24) is 14.6 Å². The molecule has 2 rings (SSSR count). The third kappa shape index (κ3) is 5.74. The van der Waals surface area contributed by atoms with Crippen molar-refractivity contribution in [3.63, 3.8) is 0 Å². The standard InChI is InChI=1S/C16H25FN3O7PSi/c1-8(2)26-13(23)9(3)19-28(29)25-7-10-12(22)16(4,17)14(27-10)20-6-5-11(21)18-15(20)24/h5-6,8-10,12,14,19,22H,7,29H2,1-4H3/p+1/t9-,10+,12+,14+,16+/m0/s1. The average molecular weight is 450 g/mol. The molecule has 29 heavy (non-hydrogen) atoms. The van der Waals surface area contributed by atoms with Crippen LogP contribution >= 0.6 is 7.44 Å². The number of ether oxygens (including phenoxy) is 2. The van der Waals surface area contributed by atoms with Gasteiger partial charge in [0, 0.05) is 12.3 Å². The van der Waals surface area contributed by atoms with Crippen LogP contribution in [0.2, 0.25) is 0 Å². The monoisotopic (exact) mass is 450 g/mol. The highest BCUT2D eigenvalue weighted by Crippen LogP contribution is 2.41. The summed E-state index contributed by atoms with van der Waals surface area (Å²) >= 11 is 0. The van der Waals surface area contributed by atoms with Gasteiger partial charge in [0.05, 0.1) is 6.10 Å². The van der Waals surface area contributed by atoms with Crippen molar-refractivity contribution in [2.45, 2.75) is 63.9 Å². The van der Waals surface area contributed by atoms with Gasteiger partial charge in [-0.3, -0.25) is 19.1 Å². The van der Waals surface area contributed by atoms with E-state index in [1.54, 1.807) is 20.8 Å². The molecular weight excluding hydrogens is 424 g/mol. The minimum absolute atomic E-state index is 0.163. The van der Waals surface area contributed by atoms with Crippen molar-refractivity contribution in [1.29, 1.82) is 0 Å². The van der Waals surface area contributed by atoms with Crippen molar-refractivity contribution in [2.75, 3.05) is 6.61 Å². The molecule has 0 aliphatic carbocycles. The van der Waals surface area contributed by atoms with Crippen LogP contribution in [-0.4, -0.2) is 66.8 Å². The lowest BCUT2D eigenvalue weighted by atomic mass is 9.98. The molecule has 0 radical (unpaired) electrons. The van der Waals surface area contributed by atoms with Crippen LogP contribution in [0.3, 0.4) is 0 Å². The van der Waals surface area contributed by atoms with Gasteiger partial charge in [0.1, 0.15) is 24.9 Å². The molecule has 1 aliphatic rings. The van der Waals surface area contributed by atoms with E-state index in [9.17, 15) is 19.5 Å². The molecule has 6 atom stereocenters. The summed E-state index contributed by atoms with van der Waals surface area (Å²) in [6.07, 6.45) is -3.19. The molecule has 1 unspecified atom stereocenters. The largest absolute Gasteiger partial charge is 0.462 e. The number of aromatic nitrogens is 2. The van der Waals surface area contributed by atoms with Crippen LogP contribution in [0.1, 0.15) is 33.9 Å². The van der Waals surface area contributed by atoms with Gasteiger partial charge in [-0.1, -0.05) is 0 Å². The minimum Gasteiger partial charge on any atom is -0.462 e. The van der Waals surface area contributed by atoms with Crippen LogP contribution in [0.4, 0.5) is 4.39 Å². The molecule has 0 aromatic carbocycles. The summed E-state index contributed by atoms with van der Waals surface area (Å²) in [6.45, 7) is 6.07. The molecule has 1 aliphatic heterocycles. The molecule has 162 valence electrons. The van der Waals surface area contributed by atoms with E-state index in [0.29, 0.717) is 0 Å². The first-order valence-corrected chi connectivity index (χ1v) is 12.3. The normalized spacial score (nSPS) is 28.4. The first kappa shape index (κ1) is 23.7. The Morgan fingerprint density at radius 3 is 2.76 bits per heavy atom. The van der Waals surface area contributed by atoms with Crippen LogP contribution in [0.15, 0.2) is 21.9 Å². The van der Waals surface area contributed by atoms with Crippen molar-refractivity contribution in [3.05, 3.63) is 33.1 Å². The molecule has 1 fully saturated rings. The Balaban J connectivity index is 2.00. The molecule has 0 spiro atoms. The number of esters is 1. The third-order valence-electron chi connectivity index (χ3n) is 4.26. The summed E-state index contributed by atoms with van der Waals surface area (Å²) in [6, 6.07) is 0.458. The number of hydrogen-bond acceptors (Lipinski definition) is 8. The molecular formula is C16H26FN3O7PSi+. The maximum absolute atomic E-state index is 15.1. The van der Waals surface area contributed by atoms with Gasteiger partial charge in [0.25, 0.3) is 22.5 Å². The van der Waals surface area contributed by atoms with E-state index in [0.717, 1.165) is 23.8 Å². The van der Waals surface area contributed by atoms with Gasteiger partial charge < -0.3 is 14.6 Å². The zero-order valence-electron chi connectivity index (χ0n) is 16.6. The van der Waals surface area contributed by atoms with Crippen molar-refractivity contribution in [2.24, 2.45) is 0 Å². The molecule has 0 amide bonds. The minimum atomic E-state index is -2.29. The van der Waals surface area contributed by atoms with Gasteiger partial charge in [-0.05, 0) is 27.7 Å². The molecule has 1 aromatic rings. The number of hydrogen-bond donors (Lipinski definition) is 3. The van der Waals surface area contributed by atoms with Crippen molar-refractivity contribution >= 4 is 22.9 Å². The topological polar surface area (TPSA) is 132 Å². The van der Waals surface area contributed by atoms with Gasteiger partial charge in [0.2, 0.25) is 0 Å². The zero-order chi connectivity index (χ0) is 21.9. The van der Waals surface area contributed by atoms with Crippen LogP contribution in [0.5, 0.6) is 0 Å². The van der Waals surface area contributed by atoms with E-state index < -0.39 is 54.8 Å². The summed E-state index contributed by atoms with van der Waals surface area (Å²) in [5.74, 6) is -0.422. The van der Waals surface area contributed by atoms with E-state index >= 15 is 4.39 Å². The summed E-state index contributed by atoms with van der Waals surface area (Å²) in [5, 5.41) is 13.3. The fourth-order valence-corrected chi connectivity index (χ4v) is 4.84. The second-order valence-corrected chi connectivity index (χ2v) is 10.1. The van der Waals surface area contributed by atoms with E-state index in [1.807, 2.05) is 4.98 Å². The van der Waals surface area contributed by atoms with Gasteiger partial charge in [-0.15, -0.1) is 5.09 Å². The lowest BCUT2D eigenvalue weighted by molar-refractivity contribution is -0.148. The summed E-state index contributed by atoms with van der Waals surface area (Å²) < 4.78 is 32.2. The Labute approximate surface area is 170 Å². The second kappa shape index (κ2) is 9.50. The number of aromatic amines is 1. The third-order valence-corrected chi connectivity index (χ3v) is 6.49. The Hall–Kier alpha value is -1.56. The number of halogens is 1. The molecule has 0 saturated carbocycles. The first-order chi connectivity index (χ1) is 13.4. The summed E-state index contributed by atoms with van der Waals surface area (Å²) in [5.41, 5.74) is -3.77. The number of carbonyl (C=O) groups is 1. The lowest BCUT2D eigenvalue weighted by Gasteiger charge is -2.24. The number of nitrogens with one attached hydrogen (secondary N) is 2. The van der Waals surface area contributed by atoms with E-state index in [1.165, 1.54) is 9.50 Å². The Morgan fingerprint density at radius 2 is 2.17 bits per heavy atom. The van der Waals surface area contributed by atoms with E-state index in [-0.39, 0.29) is 12.7 Å². The molecule has 3 N–H and O–H groups in total. The number of H-pyrrole nitrogens is 1. The Kier molecular flexibility index (Phi) is 7.77. The van der Waals surface area contributed by atoms with Crippen molar-refractivity contribution < 1.29 is 28.3 Å². The van der Waals surface area contributed by atoms with Crippen LogP contribution in [-0.2, 0) is 18.8 Å². The van der Waals surface area contributed by atoms with Gasteiger partial charge >= 0.3 is 11.7 Å². The highest BCUT2D eigenvalue weighted by molar-refractivity contribution is 7.55. The molecule has 2 heterocycles. The molecule has 1 aromatic heterocycles. The van der Waals surface area contributed by atoms with Crippen molar-refractivity contribution in [3.8, 4) is 0 Å². The molecule has 13 heteroatoms. The fourth-order valence-electron chi connectivity index (χ4n) is 2.77. The number of carbonyl (C=O) groups excluding carboxylic acids is 1. The Morgan fingerprint density at radius 1 is 1.52 bits per heavy atom. The number of rotatable bonds is 8. The predicted octanol–water partition coefficient (Wildman–Crippen LogP) is -0.671.